The van der Waals surface area contributed by atoms with Crippen LogP contribution in [0.3, 0.4) is 0 Å². The molecule has 0 radical (unpaired) electrons. The molecular weight excluding hydrogens is 320 g/mol. The molecule has 5 heteroatoms. The minimum absolute atomic E-state index is 0.0244. The molecule has 0 aliphatic heterocycles. The van der Waals surface area contributed by atoms with Crippen molar-refractivity contribution in [3.05, 3.63) is 57.6 Å². The van der Waals surface area contributed by atoms with E-state index in [4.69, 9.17) is 15.7 Å². The summed E-state index contributed by atoms with van der Waals surface area (Å²) in [4.78, 5) is 0. The Morgan fingerprint density at radius 3 is 2.65 bits per heavy atom. The Morgan fingerprint density at radius 1 is 1.20 bits per heavy atom. The second-order valence-electron chi connectivity index (χ2n) is 4.45. The average Bonchev–Trinajstić information content (AvgIpc) is 2.44. The largest absolute Gasteiger partial charge is 0.456 e. The first-order chi connectivity index (χ1) is 9.52. The lowest BCUT2D eigenvalue weighted by Crippen LogP contribution is -2.14. The molecule has 0 amide bonds. The molecular formula is C15H15BrN2O2. The maximum Gasteiger partial charge on any atom is 0.173 e. The number of para-hydroxylation sites is 1. The maximum absolute atomic E-state index is 8.87. The van der Waals surface area contributed by atoms with E-state index < -0.39 is 0 Å². The lowest BCUT2D eigenvalue weighted by molar-refractivity contribution is 0.318. The quantitative estimate of drug-likeness (QED) is 0.386. The van der Waals surface area contributed by atoms with E-state index in [0.29, 0.717) is 11.3 Å². The summed E-state index contributed by atoms with van der Waals surface area (Å²) in [6.07, 6.45) is 0. The summed E-state index contributed by atoms with van der Waals surface area (Å²) >= 11 is 3.42. The van der Waals surface area contributed by atoms with E-state index in [0.717, 1.165) is 21.3 Å². The Hall–Kier alpha value is -2.01. The van der Waals surface area contributed by atoms with Crippen LogP contribution in [0.1, 0.15) is 16.7 Å². The second kappa shape index (κ2) is 5.96. The molecule has 0 aliphatic carbocycles. The van der Waals surface area contributed by atoms with Gasteiger partial charge in [0.1, 0.15) is 11.5 Å². The molecule has 0 heterocycles. The second-order valence-corrected chi connectivity index (χ2v) is 5.36. The standard InChI is InChI=1S/C15H15BrN2O2/c1-9-6-7-11(16)8-13(9)20-14-10(2)4-3-5-12(14)15(17)18-19/h3-8,19H,1-2H3,(H2,17,18). The monoisotopic (exact) mass is 334 g/mol. The summed E-state index contributed by atoms with van der Waals surface area (Å²) in [5.74, 6) is 1.33. The molecule has 0 fully saturated rings. The van der Waals surface area contributed by atoms with Crippen LogP contribution in [0.2, 0.25) is 0 Å². The lowest BCUT2D eigenvalue weighted by atomic mass is 10.1. The minimum Gasteiger partial charge on any atom is -0.456 e. The van der Waals surface area contributed by atoms with Gasteiger partial charge >= 0.3 is 0 Å². The summed E-state index contributed by atoms with van der Waals surface area (Å²) in [5, 5.41) is 11.9. The van der Waals surface area contributed by atoms with Crippen LogP contribution < -0.4 is 10.5 Å². The van der Waals surface area contributed by atoms with E-state index in [1.54, 1.807) is 6.07 Å². The molecule has 0 atom stereocenters. The average molecular weight is 335 g/mol. The predicted octanol–water partition coefficient (Wildman–Crippen LogP) is 3.95. The molecule has 2 rings (SSSR count). The van der Waals surface area contributed by atoms with Crippen molar-refractivity contribution in [2.45, 2.75) is 13.8 Å². The number of halogens is 1. The molecule has 0 aliphatic rings. The number of rotatable bonds is 3. The van der Waals surface area contributed by atoms with Crippen molar-refractivity contribution in [2.24, 2.45) is 10.9 Å². The van der Waals surface area contributed by atoms with E-state index in [-0.39, 0.29) is 5.84 Å². The highest BCUT2D eigenvalue weighted by Gasteiger charge is 2.13. The summed E-state index contributed by atoms with van der Waals surface area (Å²) in [6, 6.07) is 11.3. The molecule has 20 heavy (non-hydrogen) atoms. The maximum atomic E-state index is 8.87. The zero-order valence-electron chi connectivity index (χ0n) is 11.2. The third-order valence-electron chi connectivity index (χ3n) is 2.96. The van der Waals surface area contributed by atoms with Crippen molar-refractivity contribution in [2.75, 3.05) is 0 Å². The number of oxime groups is 1. The van der Waals surface area contributed by atoms with Crippen LogP contribution in [0.15, 0.2) is 46.0 Å². The first kappa shape index (κ1) is 14.4. The highest BCUT2D eigenvalue weighted by Crippen LogP contribution is 2.32. The molecule has 2 aromatic carbocycles. The molecule has 0 spiro atoms. The number of amidine groups is 1. The summed E-state index contributed by atoms with van der Waals surface area (Å²) in [5.41, 5.74) is 8.17. The number of nitrogens with two attached hydrogens (primary N) is 1. The predicted molar refractivity (Wildman–Crippen MR) is 82.6 cm³/mol. The van der Waals surface area contributed by atoms with Crippen molar-refractivity contribution < 1.29 is 9.94 Å². The fourth-order valence-corrected chi connectivity index (χ4v) is 2.18. The minimum atomic E-state index is 0.0244. The zero-order chi connectivity index (χ0) is 14.7. The van der Waals surface area contributed by atoms with Gasteiger partial charge in [-0.1, -0.05) is 39.3 Å². The number of benzene rings is 2. The number of hydrogen-bond acceptors (Lipinski definition) is 3. The highest BCUT2D eigenvalue weighted by molar-refractivity contribution is 9.10. The van der Waals surface area contributed by atoms with Crippen LogP contribution in [0.25, 0.3) is 0 Å². The van der Waals surface area contributed by atoms with Crippen molar-refractivity contribution in [3.63, 3.8) is 0 Å². The van der Waals surface area contributed by atoms with Gasteiger partial charge in [-0.15, -0.1) is 0 Å². The van der Waals surface area contributed by atoms with Crippen LogP contribution in [0.4, 0.5) is 0 Å². The van der Waals surface area contributed by atoms with Crippen molar-refractivity contribution >= 4 is 21.8 Å². The van der Waals surface area contributed by atoms with Gasteiger partial charge in [-0.25, -0.2) is 0 Å². The summed E-state index contributed by atoms with van der Waals surface area (Å²) in [7, 11) is 0. The van der Waals surface area contributed by atoms with Gasteiger partial charge in [0.15, 0.2) is 5.84 Å². The molecule has 4 nitrogen and oxygen atoms in total. The first-order valence-corrected chi connectivity index (χ1v) is 6.83. The smallest absolute Gasteiger partial charge is 0.173 e. The Kier molecular flexibility index (Phi) is 4.29. The number of ether oxygens (including phenoxy) is 1. The van der Waals surface area contributed by atoms with Gasteiger partial charge in [-0.2, -0.15) is 0 Å². The van der Waals surface area contributed by atoms with Gasteiger partial charge in [-0.3, -0.25) is 0 Å². The first-order valence-electron chi connectivity index (χ1n) is 6.04. The Labute approximate surface area is 126 Å². The molecule has 0 saturated carbocycles. The van der Waals surface area contributed by atoms with Crippen molar-refractivity contribution in [3.8, 4) is 11.5 Å². The summed E-state index contributed by atoms with van der Waals surface area (Å²) < 4.78 is 6.90. The topological polar surface area (TPSA) is 67.8 Å². The van der Waals surface area contributed by atoms with E-state index >= 15 is 0 Å². The molecule has 104 valence electrons. The van der Waals surface area contributed by atoms with E-state index in [1.807, 2.05) is 44.2 Å². The zero-order valence-corrected chi connectivity index (χ0v) is 12.8. The van der Waals surface area contributed by atoms with Crippen LogP contribution in [0, 0.1) is 13.8 Å². The van der Waals surface area contributed by atoms with E-state index in [2.05, 4.69) is 21.1 Å². The van der Waals surface area contributed by atoms with E-state index in [9.17, 15) is 0 Å². The lowest BCUT2D eigenvalue weighted by Gasteiger charge is -2.14. The van der Waals surface area contributed by atoms with Crippen LogP contribution in [0.5, 0.6) is 11.5 Å². The van der Waals surface area contributed by atoms with Gasteiger partial charge in [0.2, 0.25) is 0 Å². The number of aryl methyl sites for hydroxylation is 2. The summed E-state index contributed by atoms with van der Waals surface area (Å²) in [6.45, 7) is 3.88. The van der Waals surface area contributed by atoms with Crippen LogP contribution >= 0.6 is 15.9 Å². The molecule has 0 saturated heterocycles. The molecule has 3 N–H and O–H groups in total. The fraction of sp³-hybridized carbons (Fsp3) is 0.133. The normalized spacial score (nSPS) is 11.4. The third-order valence-corrected chi connectivity index (χ3v) is 3.45. The van der Waals surface area contributed by atoms with E-state index in [1.165, 1.54) is 0 Å². The molecule has 0 unspecified atom stereocenters. The Morgan fingerprint density at radius 2 is 1.95 bits per heavy atom. The molecule has 0 bridgehead atoms. The number of hydrogen-bond donors (Lipinski definition) is 2. The third kappa shape index (κ3) is 2.93. The van der Waals surface area contributed by atoms with Gasteiger partial charge < -0.3 is 15.7 Å². The van der Waals surface area contributed by atoms with Crippen LogP contribution in [-0.4, -0.2) is 11.0 Å². The number of nitrogens with zero attached hydrogens (tertiary/aromatic N) is 1. The molecule has 0 aromatic heterocycles. The SMILES string of the molecule is Cc1ccc(Br)cc1Oc1c(C)cccc1/C(N)=N/O. The fourth-order valence-electron chi connectivity index (χ4n) is 1.84. The Bertz CT molecular complexity index is 669. The van der Waals surface area contributed by atoms with Crippen molar-refractivity contribution in [1.82, 2.24) is 0 Å². The molecule has 2 aromatic rings. The Balaban J connectivity index is 2.50. The van der Waals surface area contributed by atoms with Gasteiger partial charge in [0, 0.05) is 4.47 Å². The van der Waals surface area contributed by atoms with Crippen LogP contribution in [-0.2, 0) is 0 Å². The van der Waals surface area contributed by atoms with Gasteiger partial charge in [0.25, 0.3) is 0 Å². The van der Waals surface area contributed by atoms with Gasteiger partial charge in [0.05, 0.1) is 5.56 Å². The van der Waals surface area contributed by atoms with Crippen molar-refractivity contribution in [1.29, 1.82) is 0 Å². The van der Waals surface area contributed by atoms with Gasteiger partial charge in [-0.05, 0) is 43.2 Å². The highest BCUT2D eigenvalue weighted by atomic mass is 79.9.